The molecule has 2 heterocycles. The molecule has 0 aromatic heterocycles. The number of carbonyl (C=O) groups is 2. The first kappa shape index (κ1) is 24.8. The summed E-state index contributed by atoms with van der Waals surface area (Å²) in [5.74, 6) is 0.642. The van der Waals surface area contributed by atoms with Gasteiger partial charge in [0.05, 0.1) is 7.11 Å². The number of nitrogens with one attached hydrogen (secondary N) is 1. The summed E-state index contributed by atoms with van der Waals surface area (Å²) in [4.78, 5) is 33.1. The highest BCUT2D eigenvalue weighted by molar-refractivity contribution is 6.11. The van der Waals surface area contributed by atoms with Crippen LogP contribution in [0, 0.1) is 0 Å². The van der Waals surface area contributed by atoms with Gasteiger partial charge in [0.15, 0.2) is 0 Å². The molecule has 192 valence electrons. The fourth-order valence-electron chi connectivity index (χ4n) is 5.22. The number of nitrogens with zero attached hydrogens (tertiary/aromatic N) is 3. The highest BCUT2D eigenvalue weighted by Gasteiger charge is 2.38. The van der Waals surface area contributed by atoms with Gasteiger partial charge in [0.2, 0.25) is 5.91 Å². The minimum atomic E-state index is -0.529. The number of anilines is 2. The highest BCUT2D eigenvalue weighted by Crippen LogP contribution is 2.33. The molecule has 1 saturated heterocycles. The maximum absolute atomic E-state index is 13.4. The van der Waals surface area contributed by atoms with Crippen LogP contribution < -0.4 is 19.9 Å². The molecule has 3 aromatic rings. The van der Waals surface area contributed by atoms with Crippen LogP contribution in [0.25, 0.3) is 0 Å². The monoisotopic (exact) mass is 498 g/mol. The predicted octanol–water partition coefficient (Wildman–Crippen LogP) is 3.60. The zero-order chi connectivity index (χ0) is 25.6. The number of rotatable bonds is 8. The smallest absolute Gasteiger partial charge is 0.259 e. The lowest BCUT2D eigenvalue weighted by atomic mass is 10.1. The first-order valence-electron chi connectivity index (χ1n) is 13.0. The second-order valence-corrected chi connectivity index (χ2v) is 9.56. The summed E-state index contributed by atoms with van der Waals surface area (Å²) in [5.41, 5.74) is 3.67. The van der Waals surface area contributed by atoms with E-state index >= 15 is 0 Å². The lowest BCUT2D eigenvalue weighted by Crippen LogP contribution is -2.49. The van der Waals surface area contributed by atoms with E-state index in [0.29, 0.717) is 18.5 Å². The third-order valence-electron chi connectivity index (χ3n) is 7.28. The molecule has 2 aliphatic rings. The number of benzene rings is 3. The van der Waals surface area contributed by atoms with Crippen molar-refractivity contribution in [1.29, 1.82) is 0 Å². The Morgan fingerprint density at radius 3 is 2.32 bits per heavy atom. The second kappa shape index (κ2) is 11.5. The lowest BCUT2D eigenvalue weighted by molar-refractivity contribution is -0.122. The van der Waals surface area contributed by atoms with E-state index in [1.54, 1.807) is 24.1 Å². The number of fused-ring (bicyclic) bond motifs is 1. The summed E-state index contributed by atoms with van der Waals surface area (Å²) in [5, 5.41) is 3.10. The topological polar surface area (TPSA) is 65.1 Å². The Morgan fingerprint density at radius 2 is 1.59 bits per heavy atom. The molecule has 37 heavy (non-hydrogen) atoms. The third kappa shape index (κ3) is 5.62. The Morgan fingerprint density at radius 1 is 0.892 bits per heavy atom. The number of hydrogen-bond donors (Lipinski definition) is 1. The second-order valence-electron chi connectivity index (χ2n) is 9.56. The number of carbonyl (C=O) groups excluding carboxylic acids is 2. The molecular weight excluding hydrogens is 464 g/mol. The molecule has 0 bridgehead atoms. The van der Waals surface area contributed by atoms with E-state index in [-0.39, 0.29) is 11.8 Å². The Balaban J connectivity index is 1.11. The van der Waals surface area contributed by atoms with Gasteiger partial charge in [-0.3, -0.25) is 19.4 Å². The van der Waals surface area contributed by atoms with Gasteiger partial charge in [0, 0.05) is 56.1 Å². The van der Waals surface area contributed by atoms with Crippen molar-refractivity contribution in [3.63, 3.8) is 0 Å². The number of piperazine rings is 1. The van der Waals surface area contributed by atoms with Gasteiger partial charge in [-0.15, -0.1) is 0 Å². The molecule has 0 unspecified atom stereocenters. The summed E-state index contributed by atoms with van der Waals surface area (Å²) in [6.07, 6.45) is 1.41. The van der Waals surface area contributed by atoms with Crippen LogP contribution in [0.3, 0.4) is 0 Å². The van der Waals surface area contributed by atoms with E-state index in [9.17, 15) is 9.59 Å². The predicted molar refractivity (Wildman–Crippen MR) is 146 cm³/mol. The SMILES string of the molecule is COc1ccc(N2CCN(CCCNC(=O)[C@H]3Cc4ccccc4N3C(=O)c3ccccc3)CC2)cc1. The van der Waals surface area contributed by atoms with E-state index in [4.69, 9.17) is 4.74 Å². The summed E-state index contributed by atoms with van der Waals surface area (Å²) in [7, 11) is 1.68. The van der Waals surface area contributed by atoms with Crippen molar-refractivity contribution >= 4 is 23.2 Å². The molecule has 5 rings (SSSR count). The van der Waals surface area contributed by atoms with Gasteiger partial charge in [-0.25, -0.2) is 0 Å². The van der Waals surface area contributed by atoms with Gasteiger partial charge >= 0.3 is 0 Å². The van der Waals surface area contributed by atoms with Crippen molar-refractivity contribution < 1.29 is 14.3 Å². The van der Waals surface area contributed by atoms with Gasteiger partial charge in [-0.05, 0) is 61.0 Å². The molecule has 1 N–H and O–H groups in total. The summed E-state index contributed by atoms with van der Waals surface area (Å²) >= 11 is 0. The Bertz CT molecular complexity index is 1210. The average Bonchev–Trinajstić information content (AvgIpc) is 3.35. The fraction of sp³-hybridized carbons (Fsp3) is 0.333. The Hall–Kier alpha value is -3.84. The molecule has 0 aliphatic carbocycles. The van der Waals surface area contributed by atoms with Crippen LogP contribution >= 0.6 is 0 Å². The summed E-state index contributed by atoms with van der Waals surface area (Å²) in [6.45, 7) is 5.49. The zero-order valence-electron chi connectivity index (χ0n) is 21.3. The minimum Gasteiger partial charge on any atom is -0.497 e. The molecule has 0 saturated carbocycles. The number of amides is 2. The van der Waals surface area contributed by atoms with Crippen molar-refractivity contribution in [3.8, 4) is 5.75 Å². The highest BCUT2D eigenvalue weighted by atomic mass is 16.5. The Labute approximate surface area is 218 Å². The molecule has 3 aromatic carbocycles. The van der Waals surface area contributed by atoms with Crippen LogP contribution in [0.15, 0.2) is 78.9 Å². The number of methoxy groups -OCH3 is 1. The first-order chi connectivity index (χ1) is 18.1. The zero-order valence-corrected chi connectivity index (χ0v) is 21.3. The van der Waals surface area contributed by atoms with Gasteiger partial charge in [-0.1, -0.05) is 36.4 Å². The summed E-state index contributed by atoms with van der Waals surface area (Å²) < 4.78 is 5.26. The molecule has 7 heteroatoms. The largest absolute Gasteiger partial charge is 0.497 e. The average molecular weight is 499 g/mol. The van der Waals surface area contributed by atoms with E-state index in [2.05, 4.69) is 27.2 Å². The van der Waals surface area contributed by atoms with Crippen molar-refractivity contribution in [2.75, 3.05) is 56.2 Å². The molecule has 1 atom stereocenters. The molecule has 2 aliphatic heterocycles. The molecule has 0 spiro atoms. The quantitative estimate of drug-likeness (QED) is 0.481. The summed E-state index contributed by atoms with van der Waals surface area (Å²) in [6, 6.07) is 24.7. The molecule has 0 radical (unpaired) electrons. The van der Waals surface area contributed by atoms with Gasteiger partial charge in [0.1, 0.15) is 11.8 Å². The minimum absolute atomic E-state index is 0.0928. The number of hydrogen-bond acceptors (Lipinski definition) is 5. The van der Waals surface area contributed by atoms with Crippen molar-refractivity contribution in [3.05, 3.63) is 90.0 Å². The van der Waals surface area contributed by atoms with Crippen LogP contribution in [0.1, 0.15) is 22.3 Å². The first-order valence-corrected chi connectivity index (χ1v) is 13.0. The fourth-order valence-corrected chi connectivity index (χ4v) is 5.22. The normalized spacial score (nSPS) is 17.4. The van der Waals surface area contributed by atoms with Crippen LogP contribution in [0.2, 0.25) is 0 Å². The Kier molecular flexibility index (Phi) is 7.70. The molecular formula is C30H34N4O3. The van der Waals surface area contributed by atoms with Gasteiger partial charge in [0.25, 0.3) is 5.91 Å². The molecule has 2 amide bonds. The standard InChI is InChI=1S/C30H34N4O3/c1-37-26-14-12-25(13-15-26)33-20-18-32(19-21-33)17-7-16-31-29(35)28-22-24-10-5-6-11-27(24)34(28)30(36)23-8-3-2-4-9-23/h2-6,8-15,28H,7,16-22H2,1H3,(H,31,35)/t28-/m1/s1. The van der Waals surface area contributed by atoms with Crippen molar-refractivity contribution in [2.24, 2.45) is 0 Å². The van der Waals surface area contributed by atoms with Crippen LogP contribution in [0.5, 0.6) is 5.75 Å². The van der Waals surface area contributed by atoms with E-state index in [1.807, 2.05) is 54.6 Å². The van der Waals surface area contributed by atoms with Crippen LogP contribution in [-0.2, 0) is 11.2 Å². The van der Waals surface area contributed by atoms with Crippen molar-refractivity contribution in [1.82, 2.24) is 10.2 Å². The maximum atomic E-state index is 13.4. The van der Waals surface area contributed by atoms with E-state index in [0.717, 1.165) is 56.1 Å². The molecule has 7 nitrogen and oxygen atoms in total. The van der Waals surface area contributed by atoms with E-state index < -0.39 is 6.04 Å². The maximum Gasteiger partial charge on any atom is 0.259 e. The van der Waals surface area contributed by atoms with Crippen LogP contribution in [-0.4, -0.2) is 69.1 Å². The third-order valence-corrected chi connectivity index (χ3v) is 7.28. The van der Waals surface area contributed by atoms with E-state index in [1.165, 1.54) is 5.69 Å². The molecule has 1 fully saturated rings. The van der Waals surface area contributed by atoms with Crippen LogP contribution in [0.4, 0.5) is 11.4 Å². The number of para-hydroxylation sites is 1. The van der Waals surface area contributed by atoms with Gasteiger partial charge < -0.3 is 15.0 Å². The lowest BCUT2D eigenvalue weighted by Gasteiger charge is -2.36. The van der Waals surface area contributed by atoms with Gasteiger partial charge in [-0.2, -0.15) is 0 Å². The van der Waals surface area contributed by atoms with Crippen molar-refractivity contribution in [2.45, 2.75) is 18.9 Å². The number of ether oxygens (including phenoxy) is 1.